The van der Waals surface area contributed by atoms with E-state index in [9.17, 15) is 0 Å². The minimum absolute atomic E-state index is 0.862. The predicted molar refractivity (Wildman–Crippen MR) is 84.5 cm³/mol. The first-order valence-electron chi connectivity index (χ1n) is 6.29. The van der Waals surface area contributed by atoms with Gasteiger partial charge in [-0.15, -0.1) is 0 Å². The summed E-state index contributed by atoms with van der Waals surface area (Å²) in [5, 5.41) is 3.74. The second-order valence-corrected chi connectivity index (χ2v) is 6.52. The minimum Gasteiger partial charge on any atom is -0.249 e. The molecule has 0 bridgehead atoms. The second-order valence-electron chi connectivity index (χ2n) is 4.89. The highest BCUT2D eigenvalue weighted by molar-refractivity contribution is 9.10. The summed E-state index contributed by atoms with van der Waals surface area (Å²) in [4.78, 5) is 9.08. The molecule has 0 spiro atoms. The molecule has 0 saturated carbocycles. The van der Waals surface area contributed by atoms with Gasteiger partial charge in [-0.25, -0.2) is 9.97 Å². The van der Waals surface area contributed by atoms with Gasteiger partial charge in [0.15, 0.2) is 0 Å². The van der Waals surface area contributed by atoms with Gasteiger partial charge in [0.2, 0.25) is 0 Å². The number of rotatable bonds is 0. The molecule has 94 valence electrons. The van der Waals surface area contributed by atoms with Gasteiger partial charge in [-0.1, -0.05) is 0 Å². The average molecular weight is 378 g/mol. The SMILES string of the molecule is Brc1cc2c(cn1)c1c(c3ccc(Br)nc32)CCC1. The highest BCUT2D eigenvalue weighted by Crippen LogP contribution is 2.37. The highest BCUT2D eigenvalue weighted by atomic mass is 79.9. The number of hydrogen-bond donors (Lipinski definition) is 0. The molecular formula is C15H10Br2N2. The molecule has 0 amide bonds. The Balaban J connectivity index is 2.30. The first-order chi connectivity index (χ1) is 9.24. The number of pyridine rings is 2. The van der Waals surface area contributed by atoms with Crippen LogP contribution in [0.4, 0.5) is 0 Å². The van der Waals surface area contributed by atoms with E-state index in [-0.39, 0.29) is 0 Å². The van der Waals surface area contributed by atoms with Crippen molar-refractivity contribution in [2.24, 2.45) is 0 Å². The predicted octanol–water partition coefficient (Wildman–Crippen LogP) is 4.80. The Labute approximate surface area is 127 Å². The van der Waals surface area contributed by atoms with Crippen LogP contribution in [0, 0.1) is 0 Å². The molecule has 4 heteroatoms. The van der Waals surface area contributed by atoms with Crippen LogP contribution >= 0.6 is 31.9 Å². The van der Waals surface area contributed by atoms with Crippen LogP contribution in [0.2, 0.25) is 0 Å². The van der Waals surface area contributed by atoms with Crippen LogP contribution in [-0.4, -0.2) is 9.97 Å². The van der Waals surface area contributed by atoms with Gasteiger partial charge in [0, 0.05) is 22.4 Å². The largest absolute Gasteiger partial charge is 0.249 e. The molecular weight excluding hydrogens is 368 g/mol. The van der Waals surface area contributed by atoms with Crippen LogP contribution < -0.4 is 0 Å². The van der Waals surface area contributed by atoms with Crippen molar-refractivity contribution in [2.45, 2.75) is 19.3 Å². The van der Waals surface area contributed by atoms with Crippen molar-refractivity contribution in [1.29, 1.82) is 0 Å². The van der Waals surface area contributed by atoms with Crippen molar-refractivity contribution in [3.8, 4) is 0 Å². The van der Waals surface area contributed by atoms with Crippen LogP contribution in [0.25, 0.3) is 21.7 Å². The number of aromatic nitrogens is 2. The van der Waals surface area contributed by atoms with E-state index in [1.807, 2.05) is 12.3 Å². The Hall–Kier alpha value is -1.000. The Bertz CT molecular complexity index is 759. The maximum absolute atomic E-state index is 4.69. The van der Waals surface area contributed by atoms with E-state index in [0.717, 1.165) is 27.6 Å². The third-order valence-electron chi connectivity index (χ3n) is 3.86. The highest BCUT2D eigenvalue weighted by Gasteiger charge is 2.19. The summed E-state index contributed by atoms with van der Waals surface area (Å²) in [5.41, 5.74) is 4.01. The Kier molecular flexibility index (Phi) is 2.64. The summed E-state index contributed by atoms with van der Waals surface area (Å²) in [7, 11) is 0. The summed E-state index contributed by atoms with van der Waals surface area (Å²) < 4.78 is 1.74. The zero-order valence-electron chi connectivity index (χ0n) is 10.1. The lowest BCUT2D eigenvalue weighted by Gasteiger charge is -2.11. The summed E-state index contributed by atoms with van der Waals surface area (Å²) in [6, 6.07) is 6.29. The average Bonchev–Trinajstić information content (AvgIpc) is 2.88. The van der Waals surface area contributed by atoms with Gasteiger partial charge in [-0.05, 0) is 80.4 Å². The van der Waals surface area contributed by atoms with E-state index in [1.165, 1.54) is 33.7 Å². The topological polar surface area (TPSA) is 25.8 Å². The quantitative estimate of drug-likeness (QED) is 0.415. The van der Waals surface area contributed by atoms with Crippen LogP contribution in [0.15, 0.2) is 33.6 Å². The molecule has 1 aliphatic carbocycles. The van der Waals surface area contributed by atoms with Crippen LogP contribution in [0.1, 0.15) is 17.5 Å². The molecule has 0 fully saturated rings. The van der Waals surface area contributed by atoms with E-state index in [4.69, 9.17) is 4.98 Å². The molecule has 0 radical (unpaired) electrons. The fourth-order valence-electron chi connectivity index (χ4n) is 3.09. The maximum atomic E-state index is 4.69. The molecule has 0 unspecified atom stereocenters. The minimum atomic E-state index is 0.862. The van der Waals surface area contributed by atoms with Gasteiger partial charge in [0.25, 0.3) is 0 Å². The van der Waals surface area contributed by atoms with Crippen molar-refractivity contribution in [1.82, 2.24) is 9.97 Å². The molecule has 19 heavy (non-hydrogen) atoms. The van der Waals surface area contributed by atoms with Crippen LogP contribution in [0.5, 0.6) is 0 Å². The molecule has 0 N–H and O–H groups in total. The third-order valence-corrected chi connectivity index (χ3v) is 4.73. The van der Waals surface area contributed by atoms with Crippen LogP contribution in [-0.2, 0) is 12.8 Å². The molecule has 0 aliphatic heterocycles. The molecule has 2 aromatic heterocycles. The Morgan fingerprint density at radius 3 is 2.53 bits per heavy atom. The van der Waals surface area contributed by atoms with Crippen molar-refractivity contribution in [2.75, 3.05) is 0 Å². The van der Waals surface area contributed by atoms with E-state index >= 15 is 0 Å². The first-order valence-corrected chi connectivity index (χ1v) is 7.88. The van der Waals surface area contributed by atoms with Crippen molar-refractivity contribution in [3.05, 3.63) is 44.7 Å². The van der Waals surface area contributed by atoms with Crippen molar-refractivity contribution in [3.63, 3.8) is 0 Å². The standard InChI is InChI=1S/C15H10Br2N2/c16-13-5-4-10-8-2-1-3-9(8)12-7-18-14(17)6-11(12)15(10)19-13/h4-7H,1-3H2. The molecule has 1 aromatic carbocycles. The lowest BCUT2D eigenvalue weighted by Crippen LogP contribution is -1.93. The van der Waals surface area contributed by atoms with Gasteiger partial charge in [-0.2, -0.15) is 0 Å². The summed E-state index contributed by atoms with van der Waals surface area (Å²) in [6.45, 7) is 0. The van der Waals surface area contributed by atoms with Gasteiger partial charge in [0.05, 0.1) is 5.52 Å². The second kappa shape index (κ2) is 4.25. The van der Waals surface area contributed by atoms with Gasteiger partial charge >= 0.3 is 0 Å². The van der Waals surface area contributed by atoms with E-state index < -0.39 is 0 Å². The summed E-state index contributed by atoms with van der Waals surface area (Å²) in [5.74, 6) is 0. The van der Waals surface area contributed by atoms with Gasteiger partial charge in [0.1, 0.15) is 9.21 Å². The zero-order valence-corrected chi connectivity index (χ0v) is 13.3. The normalized spacial score (nSPS) is 14.2. The maximum Gasteiger partial charge on any atom is 0.106 e. The number of nitrogens with zero attached hydrogens (tertiary/aromatic N) is 2. The summed E-state index contributed by atoms with van der Waals surface area (Å²) in [6.07, 6.45) is 5.52. The molecule has 2 heterocycles. The van der Waals surface area contributed by atoms with Gasteiger partial charge in [-0.3, -0.25) is 0 Å². The van der Waals surface area contributed by atoms with Crippen molar-refractivity contribution >= 4 is 53.5 Å². The number of benzene rings is 1. The number of fused-ring (bicyclic) bond motifs is 6. The van der Waals surface area contributed by atoms with Gasteiger partial charge < -0.3 is 0 Å². The smallest absolute Gasteiger partial charge is 0.106 e. The first kappa shape index (κ1) is 11.8. The fraction of sp³-hybridized carbons (Fsp3) is 0.200. The van der Waals surface area contributed by atoms with E-state index in [1.54, 1.807) is 0 Å². The van der Waals surface area contributed by atoms with Crippen molar-refractivity contribution < 1.29 is 0 Å². The lowest BCUT2D eigenvalue weighted by atomic mass is 9.97. The molecule has 4 rings (SSSR count). The Morgan fingerprint density at radius 1 is 0.895 bits per heavy atom. The Morgan fingerprint density at radius 2 is 1.68 bits per heavy atom. The number of hydrogen-bond acceptors (Lipinski definition) is 2. The monoisotopic (exact) mass is 376 g/mol. The molecule has 2 nitrogen and oxygen atoms in total. The zero-order chi connectivity index (χ0) is 13.0. The molecule has 0 saturated heterocycles. The van der Waals surface area contributed by atoms with E-state index in [0.29, 0.717) is 0 Å². The lowest BCUT2D eigenvalue weighted by molar-refractivity contribution is 0.915. The fourth-order valence-corrected chi connectivity index (χ4v) is 3.73. The third kappa shape index (κ3) is 1.73. The van der Waals surface area contributed by atoms with Crippen LogP contribution in [0.3, 0.4) is 0 Å². The molecule has 1 aliphatic rings. The number of aryl methyl sites for hydroxylation is 2. The molecule has 0 atom stereocenters. The molecule has 3 aromatic rings. The van der Waals surface area contributed by atoms with E-state index in [2.05, 4.69) is 49.0 Å². The summed E-state index contributed by atoms with van der Waals surface area (Å²) >= 11 is 6.95. The number of halogens is 2.